The molecule has 0 spiro atoms. The van der Waals surface area contributed by atoms with E-state index in [1.54, 1.807) is 31.2 Å². The Bertz CT molecular complexity index is 1210. The summed E-state index contributed by atoms with van der Waals surface area (Å²) in [6.45, 7) is 6.85. The standard InChI is InChI=1S/C25H23N3O4S2/c1-4-11-32-25(31)22-15(2)27-24(19(13-26)23(22)20-6-5-12-33-20)34-14-21(30)28-18-9-7-17(8-10-18)16(3)29/h4-10,12,23,27H,1,11,14H2,2-3H3,(H,28,30)/t23-/m0/s1. The number of nitrogens with zero attached hydrogens (tertiary/aromatic N) is 1. The fourth-order valence-electron chi connectivity index (χ4n) is 3.37. The zero-order valence-electron chi connectivity index (χ0n) is 18.7. The van der Waals surface area contributed by atoms with E-state index in [0.29, 0.717) is 33.1 Å². The molecule has 1 aromatic carbocycles. The molecule has 174 valence electrons. The summed E-state index contributed by atoms with van der Waals surface area (Å²) < 4.78 is 5.27. The quantitative estimate of drug-likeness (QED) is 0.295. The monoisotopic (exact) mass is 493 g/mol. The second-order valence-electron chi connectivity index (χ2n) is 7.32. The Hall–Kier alpha value is -3.61. The molecule has 3 rings (SSSR count). The molecule has 1 aliphatic heterocycles. The number of rotatable bonds is 9. The van der Waals surface area contributed by atoms with Crippen LogP contribution in [0.15, 0.2) is 76.3 Å². The van der Waals surface area contributed by atoms with Crippen LogP contribution in [0.3, 0.4) is 0 Å². The first-order chi connectivity index (χ1) is 16.3. The molecule has 1 amide bonds. The van der Waals surface area contributed by atoms with Crippen LogP contribution in [0.5, 0.6) is 0 Å². The molecule has 1 atom stereocenters. The second kappa shape index (κ2) is 11.5. The smallest absolute Gasteiger partial charge is 0.337 e. The summed E-state index contributed by atoms with van der Waals surface area (Å²) in [7, 11) is 0. The van der Waals surface area contributed by atoms with E-state index >= 15 is 0 Å². The summed E-state index contributed by atoms with van der Waals surface area (Å²) in [4.78, 5) is 37.6. The van der Waals surface area contributed by atoms with Crippen molar-refractivity contribution in [1.29, 1.82) is 5.26 Å². The fourth-order valence-corrected chi connectivity index (χ4v) is 5.11. The number of hydrogen-bond acceptors (Lipinski definition) is 8. The van der Waals surface area contributed by atoms with Gasteiger partial charge in [0.1, 0.15) is 6.61 Å². The SMILES string of the molecule is C=CCOC(=O)C1=C(C)NC(SCC(=O)Nc2ccc(C(C)=O)cc2)=C(C#N)[C@H]1c1cccs1. The number of nitriles is 1. The van der Waals surface area contributed by atoms with E-state index < -0.39 is 11.9 Å². The number of amides is 1. The third-order valence-electron chi connectivity index (χ3n) is 4.95. The molecule has 34 heavy (non-hydrogen) atoms. The number of carbonyl (C=O) groups excluding carboxylic acids is 3. The number of esters is 1. The maximum Gasteiger partial charge on any atom is 0.337 e. The highest BCUT2D eigenvalue weighted by molar-refractivity contribution is 8.03. The van der Waals surface area contributed by atoms with Crippen LogP contribution in [0, 0.1) is 11.3 Å². The van der Waals surface area contributed by atoms with Gasteiger partial charge in [0.05, 0.1) is 33.9 Å². The van der Waals surface area contributed by atoms with Gasteiger partial charge in [0.25, 0.3) is 0 Å². The van der Waals surface area contributed by atoms with Gasteiger partial charge in [-0.2, -0.15) is 5.26 Å². The van der Waals surface area contributed by atoms with Gasteiger partial charge in [-0.1, -0.05) is 30.5 Å². The number of carbonyl (C=O) groups is 3. The third kappa shape index (κ3) is 5.84. The number of allylic oxidation sites excluding steroid dienone is 2. The Kier molecular flexibility index (Phi) is 8.46. The van der Waals surface area contributed by atoms with E-state index in [0.717, 1.165) is 4.88 Å². The van der Waals surface area contributed by atoms with Crippen molar-refractivity contribution in [3.05, 3.63) is 86.7 Å². The third-order valence-corrected chi connectivity index (χ3v) is 6.90. The second-order valence-corrected chi connectivity index (χ2v) is 9.29. The van der Waals surface area contributed by atoms with Gasteiger partial charge in [-0.15, -0.1) is 11.3 Å². The average Bonchev–Trinajstić information content (AvgIpc) is 3.35. The van der Waals surface area contributed by atoms with Crippen molar-refractivity contribution in [1.82, 2.24) is 5.32 Å². The van der Waals surface area contributed by atoms with Gasteiger partial charge in [-0.25, -0.2) is 4.79 Å². The number of benzene rings is 1. The minimum atomic E-state index is -0.590. The summed E-state index contributed by atoms with van der Waals surface area (Å²) in [5.41, 5.74) is 2.41. The van der Waals surface area contributed by atoms with E-state index in [4.69, 9.17) is 4.74 Å². The van der Waals surface area contributed by atoms with Crippen molar-refractivity contribution in [2.45, 2.75) is 19.8 Å². The van der Waals surface area contributed by atoms with Crippen LogP contribution in [0.1, 0.15) is 35.0 Å². The van der Waals surface area contributed by atoms with Crippen molar-refractivity contribution in [3.63, 3.8) is 0 Å². The van der Waals surface area contributed by atoms with Gasteiger partial charge in [0.15, 0.2) is 5.78 Å². The predicted octanol–water partition coefficient (Wildman–Crippen LogP) is 4.75. The van der Waals surface area contributed by atoms with Crippen LogP contribution in [0.4, 0.5) is 5.69 Å². The zero-order chi connectivity index (χ0) is 24.7. The van der Waals surface area contributed by atoms with E-state index in [2.05, 4.69) is 23.3 Å². The van der Waals surface area contributed by atoms with Crippen LogP contribution in [-0.2, 0) is 14.3 Å². The molecule has 2 heterocycles. The van der Waals surface area contributed by atoms with E-state index in [1.165, 1.54) is 36.1 Å². The molecular formula is C25H23N3O4S2. The lowest BCUT2D eigenvalue weighted by atomic mass is 9.87. The maximum absolute atomic E-state index is 12.8. The van der Waals surface area contributed by atoms with Gasteiger partial charge in [0, 0.05) is 21.8 Å². The van der Waals surface area contributed by atoms with Gasteiger partial charge in [0.2, 0.25) is 5.91 Å². The summed E-state index contributed by atoms with van der Waals surface area (Å²) in [5, 5.41) is 18.3. The number of ketones is 1. The van der Waals surface area contributed by atoms with Gasteiger partial charge in [-0.05, 0) is 49.6 Å². The molecule has 0 saturated carbocycles. The van der Waals surface area contributed by atoms with Crippen molar-refractivity contribution in [2.75, 3.05) is 17.7 Å². The lowest BCUT2D eigenvalue weighted by molar-refractivity contribution is -0.138. The maximum atomic E-state index is 12.8. The first-order valence-corrected chi connectivity index (χ1v) is 12.2. The normalized spacial score (nSPS) is 15.3. The average molecular weight is 494 g/mol. The molecule has 0 unspecified atom stereocenters. The van der Waals surface area contributed by atoms with Gasteiger partial charge >= 0.3 is 5.97 Å². The number of anilines is 1. The van der Waals surface area contributed by atoms with Crippen molar-refractivity contribution < 1.29 is 19.1 Å². The Morgan fingerprint density at radius 1 is 1.29 bits per heavy atom. The number of thioether (sulfide) groups is 1. The number of Topliss-reactive ketones (excluding diaryl/α,β-unsaturated/α-hetero) is 1. The minimum absolute atomic E-state index is 0.0443. The van der Waals surface area contributed by atoms with Crippen molar-refractivity contribution >= 4 is 46.4 Å². The predicted molar refractivity (Wildman–Crippen MR) is 134 cm³/mol. The van der Waals surface area contributed by atoms with Crippen molar-refractivity contribution in [2.24, 2.45) is 0 Å². The largest absolute Gasteiger partial charge is 0.458 e. The van der Waals surface area contributed by atoms with Crippen LogP contribution < -0.4 is 10.6 Å². The number of ether oxygens (including phenoxy) is 1. The molecule has 1 aromatic heterocycles. The Morgan fingerprint density at radius 3 is 2.62 bits per heavy atom. The van der Waals surface area contributed by atoms with Crippen LogP contribution in [0.25, 0.3) is 0 Å². The molecular weight excluding hydrogens is 470 g/mol. The Balaban J connectivity index is 1.79. The topological polar surface area (TPSA) is 108 Å². The number of nitrogens with one attached hydrogen (secondary N) is 2. The highest BCUT2D eigenvalue weighted by atomic mass is 32.2. The van der Waals surface area contributed by atoms with Crippen LogP contribution in [-0.4, -0.2) is 30.0 Å². The van der Waals surface area contributed by atoms with Crippen molar-refractivity contribution in [3.8, 4) is 6.07 Å². The molecule has 2 aromatic rings. The van der Waals surface area contributed by atoms with Crippen LogP contribution >= 0.6 is 23.1 Å². The highest BCUT2D eigenvalue weighted by Crippen LogP contribution is 2.42. The molecule has 0 fully saturated rings. The molecule has 2 N–H and O–H groups in total. The first kappa shape index (κ1) is 25.0. The highest BCUT2D eigenvalue weighted by Gasteiger charge is 2.36. The first-order valence-electron chi connectivity index (χ1n) is 10.3. The summed E-state index contributed by atoms with van der Waals surface area (Å²) in [6, 6.07) is 12.6. The lowest BCUT2D eigenvalue weighted by Crippen LogP contribution is -2.29. The van der Waals surface area contributed by atoms with E-state index in [9.17, 15) is 19.6 Å². The minimum Gasteiger partial charge on any atom is -0.458 e. The number of dihydropyridines is 1. The molecule has 1 aliphatic rings. The zero-order valence-corrected chi connectivity index (χ0v) is 20.3. The molecule has 0 aliphatic carbocycles. The molecule has 9 heteroatoms. The van der Waals surface area contributed by atoms with Gasteiger partial charge < -0.3 is 15.4 Å². The summed E-state index contributed by atoms with van der Waals surface area (Å²) in [5.74, 6) is -1.38. The van der Waals surface area contributed by atoms with Crippen LogP contribution in [0.2, 0.25) is 0 Å². The molecule has 7 nitrogen and oxygen atoms in total. The Morgan fingerprint density at radius 2 is 2.03 bits per heavy atom. The van der Waals surface area contributed by atoms with Gasteiger partial charge in [-0.3, -0.25) is 9.59 Å². The fraction of sp³-hybridized carbons (Fsp3) is 0.200. The molecule has 0 saturated heterocycles. The van der Waals surface area contributed by atoms with E-state index in [-0.39, 0.29) is 24.1 Å². The van der Waals surface area contributed by atoms with E-state index in [1.807, 2.05) is 17.5 Å². The summed E-state index contributed by atoms with van der Waals surface area (Å²) in [6.07, 6.45) is 1.48. The molecule has 0 bridgehead atoms. The summed E-state index contributed by atoms with van der Waals surface area (Å²) >= 11 is 2.62. The molecule has 0 radical (unpaired) electrons. The number of hydrogen-bond donors (Lipinski definition) is 2. The Labute approximate surface area is 206 Å². The lowest BCUT2D eigenvalue weighted by Gasteiger charge is -2.28. The number of thiophene rings is 1.